The molecule has 3 saturated carbocycles. The molecule has 3 unspecified atom stereocenters. The SMILES string of the molecule is CC(O)C(=O)OC[C@]12CC[C@H]3[C@@](C)(CC[C@H]4C(C)(C)CCC[C@]34C)[C@@H]1CC(C1=CC(=O)OC1O)O2. The van der Waals surface area contributed by atoms with E-state index in [1.807, 2.05) is 0 Å². The minimum absolute atomic E-state index is 0.0160. The van der Waals surface area contributed by atoms with E-state index in [0.29, 0.717) is 29.2 Å². The molecule has 0 aromatic heterocycles. The summed E-state index contributed by atoms with van der Waals surface area (Å²) in [6.07, 6.45) is 6.85. The molecule has 5 rings (SSSR count). The number of hydrogen-bond donors (Lipinski definition) is 2. The van der Waals surface area contributed by atoms with E-state index in [0.717, 1.165) is 19.3 Å². The first-order valence-electron chi connectivity index (χ1n) is 13.5. The molecule has 3 aliphatic carbocycles. The predicted octanol–water partition coefficient (Wildman–Crippen LogP) is 3.90. The lowest BCUT2D eigenvalue weighted by Crippen LogP contribution is -2.63. The van der Waals surface area contributed by atoms with Gasteiger partial charge in [-0.15, -0.1) is 0 Å². The maximum Gasteiger partial charge on any atom is 0.334 e. The van der Waals surface area contributed by atoms with Crippen LogP contribution in [0.2, 0.25) is 0 Å². The monoisotopic (exact) mass is 490 g/mol. The van der Waals surface area contributed by atoms with Crippen molar-refractivity contribution in [1.29, 1.82) is 0 Å². The van der Waals surface area contributed by atoms with E-state index in [1.54, 1.807) is 0 Å². The van der Waals surface area contributed by atoms with Gasteiger partial charge in [-0.25, -0.2) is 9.59 Å². The zero-order valence-electron chi connectivity index (χ0n) is 21.8. The molecule has 0 spiro atoms. The summed E-state index contributed by atoms with van der Waals surface area (Å²) < 4.78 is 17.3. The first-order valence-corrected chi connectivity index (χ1v) is 13.5. The molecule has 2 aliphatic heterocycles. The maximum atomic E-state index is 12.2. The van der Waals surface area contributed by atoms with Gasteiger partial charge in [0.15, 0.2) is 0 Å². The average molecular weight is 491 g/mol. The van der Waals surface area contributed by atoms with Gasteiger partial charge in [0.1, 0.15) is 18.3 Å². The average Bonchev–Trinajstić information content (AvgIpc) is 3.31. The minimum atomic E-state index is -1.29. The van der Waals surface area contributed by atoms with Crippen LogP contribution in [0.3, 0.4) is 0 Å². The van der Waals surface area contributed by atoms with Gasteiger partial charge in [0, 0.05) is 11.6 Å². The van der Waals surface area contributed by atoms with Crippen molar-refractivity contribution >= 4 is 11.9 Å². The Bertz CT molecular complexity index is 924. The summed E-state index contributed by atoms with van der Waals surface area (Å²) in [5.41, 5.74) is 0.323. The van der Waals surface area contributed by atoms with E-state index in [4.69, 9.17) is 14.2 Å². The molecule has 0 amide bonds. The number of aliphatic hydroxyl groups is 2. The second-order valence-electron chi connectivity index (χ2n) is 13.2. The molecule has 196 valence electrons. The van der Waals surface area contributed by atoms with Crippen molar-refractivity contribution in [3.05, 3.63) is 11.6 Å². The molecule has 4 fully saturated rings. The first kappa shape index (κ1) is 25.2. The van der Waals surface area contributed by atoms with Crippen LogP contribution in [-0.4, -0.2) is 52.9 Å². The van der Waals surface area contributed by atoms with Crippen molar-refractivity contribution < 1.29 is 34.0 Å². The van der Waals surface area contributed by atoms with Crippen LogP contribution in [-0.2, 0) is 23.8 Å². The first-order chi connectivity index (χ1) is 16.3. The van der Waals surface area contributed by atoms with Gasteiger partial charge in [0.2, 0.25) is 6.29 Å². The van der Waals surface area contributed by atoms with Crippen LogP contribution >= 0.6 is 0 Å². The van der Waals surface area contributed by atoms with E-state index < -0.39 is 36.0 Å². The molecule has 1 saturated heterocycles. The van der Waals surface area contributed by atoms with Gasteiger partial charge in [0.25, 0.3) is 0 Å². The summed E-state index contributed by atoms with van der Waals surface area (Å²) >= 11 is 0. The number of carbonyl (C=O) groups excluding carboxylic acids is 2. The van der Waals surface area contributed by atoms with Crippen LogP contribution in [0.25, 0.3) is 0 Å². The molecule has 7 nitrogen and oxygen atoms in total. The lowest BCUT2D eigenvalue weighted by atomic mass is 9.38. The summed E-state index contributed by atoms with van der Waals surface area (Å²) in [6.45, 7) is 11.3. The number of aliphatic hydroxyl groups excluding tert-OH is 2. The molecule has 35 heavy (non-hydrogen) atoms. The van der Waals surface area contributed by atoms with E-state index in [2.05, 4.69) is 27.7 Å². The second-order valence-corrected chi connectivity index (χ2v) is 13.2. The fourth-order valence-electron chi connectivity index (χ4n) is 9.49. The Labute approximate surface area is 208 Å². The van der Waals surface area contributed by atoms with Crippen LogP contribution in [0, 0.1) is 34.0 Å². The summed E-state index contributed by atoms with van der Waals surface area (Å²) in [5.74, 6) is 0.113. The Morgan fingerprint density at radius 3 is 2.43 bits per heavy atom. The molecule has 7 heteroatoms. The Morgan fingerprint density at radius 2 is 1.77 bits per heavy atom. The lowest BCUT2D eigenvalue weighted by Gasteiger charge is -2.67. The van der Waals surface area contributed by atoms with Gasteiger partial charge >= 0.3 is 11.9 Å². The molecule has 2 N–H and O–H groups in total. The predicted molar refractivity (Wildman–Crippen MR) is 128 cm³/mol. The molecule has 5 aliphatic rings. The zero-order valence-corrected chi connectivity index (χ0v) is 21.8. The number of esters is 2. The summed E-state index contributed by atoms with van der Waals surface area (Å²) in [6, 6.07) is 0. The topological polar surface area (TPSA) is 102 Å². The van der Waals surface area contributed by atoms with Crippen molar-refractivity contribution in [3.63, 3.8) is 0 Å². The Balaban J connectivity index is 1.50. The summed E-state index contributed by atoms with van der Waals surface area (Å²) in [7, 11) is 0. The number of fused-ring (bicyclic) bond motifs is 5. The minimum Gasteiger partial charge on any atom is -0.461 e. The van der Waals surface area contributed by atoms with Gasteiger partial charge in [0.05, 0.1) is 6.10 Å². The maximum absolute atomic E-state index is 12.2. The molecular weight excluding hydrogens is 448 g/mol. The largest absolute Gasteiger partial charge is 0.461 e. The fraction of sp³-hybridized carbons (Fsp3) is 0.857. The third-order valence-electron chi connectivity index (χ3n) is 10.9. The van der Waals surface area contributed by atoms with E-state index in [9.17, 15) is 19.8 Å². The van der Waals surface area contributed by atoms with Gasteiger partial charge < -0.3 is 24.4 Å². The van der Waals surface area contributed by atoms with Gasteiger partial charge in [-0.1, -0.05) is 34.1 Å². The highest BCUT2D eigenvalue weighted by Crippen LogP contribution is 2.71. The molecule has 0 aromatic rings. The van der Waals surface area contributed by atoms with Crippen LogP contribution in [0.5, 0.6) is 0 Å². The number of hydrogen-bond acceptors (Lipinski definition) is 7. The lowest BCUT2D eigenvalue weighted by molar-refractivity contribution is -0.218. The molecule has 0 aromatic carbocycles. The van der Waals surface area contributed by atoms with E-state index in [1.165, 1.54) is 38.7 Å². The highest BCUT2D eigenvalue weighted by Gasteiger charge is 2.68. The Hall–Kier alpha value is -1.44. The summed E-state index contributed by atoms with van der Waals surface area (Å²) in [5, 5.41) is 20.1. The molecule has 9 atom stereocenters. The van der Waals surface area contributed by atoms with Gasteiger partial charge in [-0.3, -0.25) is 0 Å². The van der Waals surface area contributed by atoms with Crippen molar-refractivity contribution in [2.24, 2.45) is 34.0 Å². The number of cyclic esters (lactones) is 1. The third kappa shape index (κ3) is 3.79. The standard InChI is InChI=1S/C28H42O7/c1-16(29)23(31)33-15-28-12-8-20-26(4)10-6-9-25(2,3)19(26)7-11-27(20,5)21(28)14-18(35-28)17-13-22(30)34-24(17)32/h13,16,18-21,24,29,32H,6-12,14-15H2,1-5H3/t16?,18?,19-,20+,21-,24?,26-,27+,28+/m0/s1. The number of rotatable bonds is 4. The van der Waals surface area contributed by atoms with E-state index in [-0.39, 0.29) is 23.4 Å². The molecule has 2 heterocycles. The normalized spacial score (nSPS) is 47.1. The number of ether oxygens (including phenoxy) is 3. The Morgan fingerprint density at radius 1 is 1.09 bits per heavy atom. The Kier molecular flexibility index (Phi) is 5.97. The van der Waals surface area contributed by atoms with Crippen molar-refractivity contribution in [2.75, 3.05) is 6.61 Å². The fourth-order valence-corrected chi connectivity index (χ4v) is 9.49. The van der Waals surface area contributed by atoms with Crippen LogP contribution in [0.1, 0.15) is 86.0 Å². The smallest absolute Gasteiger partial charge is 0.334 e. The van der Waals surface area contributed by atoms with Crippen molar-refractivity contribution in [3.8, 4) is 0 Å². The molecule has 0 radical (unpaired) electrons. The highest BCUT2D eigenvalue weighted by atomic mass is 16.6. The number of carbonyl (C=O) groups is 2. The second kappa shape index (κ2) is 8.29. The summed E-state index contributed by atoms with van der Waals surface area (Å²) in [4.78, 5) is 24.1. The molecular formula is C28H42O7. The molecule has 0 bridgehead atoms. The highest BCUT2D eigenvalue weighted by molar-refractivity contribution is 5.85. The van der Waals surface area contributed by atoms with E-state index >= 15 is 0 Å². The van der Waals surface area contributed by atoms with Gasteiger partial charge in [-0.05, 0) is 85.9 Å². The van der Waals surface area contributed by atoms with Crippen LogP contribution in [0.4, 0.5) is 0 Å². The van der Waals surface area contributed by atoms with Crippen molar-refractivity contribution in [1.82, 2.24) is 0 Å². The zero-order chi connectivity index (χ0) is 25.4. The quantitative estimate of drug-likeness (QED) is 0.576. The van der Waals surface area contributed by atoms with Crippen LogP contribution < -0.4 is 0 Å². The van der Waals surface area contributed by atoms with Crippen LogP contribution in [0.15, 0.2) is 11.6 Å². The van der Waals surface area contributed by atoms with Crippen molar-refractivity contribution in [2.45, 2.75) is 110 Å². The van der Waals surface area contributed by atoms with Gasteiger partial charge in [-0.2, -0.15) is 0 Å². The third-order valence-corrected chi connectivity index (χ3v) is 10.9.